The van der Waals surface area contributed by atoms with Crippen molar-refractivity contribution in [1.29, 1.82) is 0 Å². The molecule has 2 aromatic rings. The fourth-order valence-corrected chi connectivity index (χ4v) is 4.24. The third kappa shape index (κ3) is 6.52. The third-order valence-electron chi connectivity index (χ3n) is 5.93. The van der Waals surface area contributed by atoms with Crippen LogP contribution in [0.2, 0.25) is 0 Å². The number of halogens is 3. The molecule has 2 N–H and O–H groups in total. The van der Waals surface area contributed by atoms with Gasteiger partial charge in [0.1, 0.15) is 19.7 Å². The van der Waals surface area contributed by atoms with E-state index >= 15 is 0 Å². The van der Waals surface area contributed by atoms with Crippen LogP contribution >= 0.6 is 0 Å². The molecular formula is C25H27F3N2O5. The van der Waals surface area contributed by atoms with Gasteiger partial charge in [0.25, 0.3) is 0 Å². The Kier molecular flexibility index (Phi) is 7.72. The van der Waals surface area contributed by atoms with E-state index in [0.29, 0.717) is 0 Å². The summed E-state index contributed by atoms with van der Waals surface area (Å²) in [5.41, 5.74) is 2.94. The lowest BCUT2D eigenvalue weighted by Crippen LogP contribution is -2.48. The molecule has 1 aliphatic rings. The molecule has 0 fully saturated rings. The number of rotatable bonds is 9. The van der Waals surface area contributed by atoms with Crippen LogP contribution in [0.4, 0.5) is 18.0 Å². The molecule has 1 aliphatic carbocycles. The van der Waals surface area contributed by atoms with Gasteiger partial charge in [-0.15, -0.1) is 0 Å². The number of hydrogen-bond acceptors (Lipinski definition) is 4. The van der Waals surface area contributed by atoms with E-state index < -0.39 is 42.7 Å². The van der Waals surface area contributed by atoms with Crippen molar-refractivity contribution in [3.05, 3.63) is 59.7 Å². The minimum absolute atomic E-state index is 0.00992. The summed E-state index contributed by atoms with van der Waals surface area (Å²) in [5, 5.41) is 11.4. The van der Waals surface area contributed by atoms with Gasteiger partial charge in [-0.3, -0.25) is 9.59 Å². The number of benzene rings is 2. The van der Waals surface area contributed by atoms with Crippen molar-refractivity contribution in [2.45, 2.75) is 32.4 Å². The maximum absolute atomic E-state index is 12.8. The smallest absolute Gasteiger partial charge is 0.407 e. The van der Waals surface area contributed by atoms with Gasteiger partial charge in [-0.05, 0) is 28.7 Å². The molecule has 0 aliphatic heterocycles. The van der Waals surface area contributed by atoms with E-state index in [1.54, 1.807) is 0 Å². The second-order valence-corrected chi connectivity index (χ2v) is 9.06. The normalized spacial score (nSPS) is 13.1. The first-order valence-corrected chi connectivity index (χ1v) is 11.1. The van der Waals surface area contributed by atoms with E-state index in [2.05, 4.69) is 5.32 Å². The largest absolute Gasteiger partial charge is 0.480 e. The molecule has 7 nitrogen and oxygen atoms in total. The first-order valence-electron chi connectivity index (χ1n) is 11.1. The Labute approximate surface area is 200 Å². The number of nitrogens with one attached hydrogen (secondary N) is 1. The molecule has 0 spiro atoms. The summed E-state index contributed by atoms with van der Waals surface area (Å²) in [7, 11) is 0. The SMILES string of the molecule is CC(C)(CCNC(=O)OCC1c2ccccc2-c2ccccc21)C(=O)N(CC(=O)O)CC(F)(F)F. The molecule has 10 heteroatoms. The Hall–Kier alpha value is -3.56. The van der Waals surface area contributed by atoms with Crippen molar-refractivity contribution >= 4 is 18.0 Å². The number of carbonyl (C=O) groups excluding carboxylic acids is 2. The molecule has 0 aromatic heterocycles. The number of fused-ring (bicyclic) bond motifs is 3. The molecular weight excluding hydrogens is 465 g/mol. The lowest BCUT2D eigenvalue weighted by molar-refractivity contribution is -0.170. The molecule has 0 unspecified atom stereocenters. The predicted octanol–water partition coefficient (Wildman–Crippen LogP) is 4.42. The summed E-state index contributed by atoms with van der Waals surface area (Å²) in [6.07, 6.45) is -5.46. The highest BCUT2D eigenvalue weighted by atomic mass is 19.4. The molecule has 0 heterocycles. The molecule has 3 rings (SSSR count). The van der Waals surface area contributed by atoms with Crippen LogP contribution < -0.4 is 5.32 Å². The van der Waals surface area contributed by atoms with Gasteiger partial charge in [-0.1, -0.05) is 62.4 Å². The number of aliphatic carboxylic acids is 1. The summed E-state index contributed by atoms with van der Waals surface area (Å²) in [6, 6.07) is 15.7. The average Bonchev–Trinajstić information content (AvgIpc) is 3.09. The Morgan fingerprint density at radius 2 is 1.54 bits per heavy atom. The summed E-state index contributed by atoms with van der Waals surface area (Å²) in [6.45, 7) is 0.130. The summed E-state index contributed by atoms with van der Waals surface area (Å²) in [4.78, 5) is 36.1. The molecule has 0 saturated heterocycles. The van der Waals surface area contributed by atoms with Gasteiger partial charge in [0.2, 0.25) is 5.91 Å². The van der Waals surface area contributed by atoms with Crippen molar-refractivity contribution < 1.29 is 37.4 Å². The van der Waals surface area contributed by atoms with Crippen LogP contribution in [-0.4, -0.2) is 60.4 Å². The molecule has 0 bridgehead atoms. The van der Waals surface area contributed by atoms with Gasteiger partial charge in [0, 0.05) is 17.9 Å². The first kappa shape index (κ1) is 26.1. The fraction of sp³-hybridized carbons (Fsp3) is 0.400. The van der Waals surface area contributed by atoms with Crippen molar-refractivity contribution in [3.8, 4) is 11.1 Å². The van der Waals surface area contributed by atoms with Crippen LogP contribution in [0.15, 0.2) is 48.5 Å². The molecule has 2 aromatic carbocycles. The van der Waals surface area contributed by atoms with Crippen molar-refractivity contribution in [1.82, 2.24) is 10.2 Å². The lowest BCUT2D eigenvalue weighted by atomic mass is 9.87. The number of amides is 2. The molecule has 35 heavy (non-hydrogen) atoms. The zero-order chi connectivity index (χ0) is 25.8. The van der Waals surface area contributed by atoms with Crippen LogP contribution in [0.5, 0.6) is 0 Å². The van der Waals surface area contributed by atoms with Crippen LogP contribution in [-0.2, 0) is 14.3 Å². The number of alkyl halides is 3. The summed E-state index contributed by atoms with van der Waals surface area (Å²) < 4.78 is 43.8. The van der Waals surface area contributed by atoms with E-state index in [9.17, 15) is 27.6 Å². The van der Waals surface area contributed by atoms with Gasteiger partial charge in [0.15, 0.2) is 0 Å². The minimum atomic E-state index is -4.74. The van der Waals surface area contributed by atoms with Crippen LogP contribution in [0.3, 0.4) is 0 Å². The number of nitrogens with zero attached hydrogens (tertiary/aromatic N) is 1. The number of hydrogen-bond donors (Lipinski definition) is 2. The van der Waals surface area contributed by atoms with Crippen molar-refractivity contribution in [2.24, 2.45) is 5.41 Å². The van der Waals surface area contributed by atoms with Gasteiger partial charge < -0.3 is 20.1 Å². The van der Waals surface area contributed by atoms with E-state index in [4.69, 9.17) is 9.84 Å². The standard InChI is InChI=1S/C25H27F3N2O5/c1-24(2,22(33)30(13-21(31)32)15-25(26,27)28)11-12-29-23(34)35-14-20-18-9-5-3-7-16(18)17-8-4-6-10-19(17)20/h3-10,20H,11-15H2,1-2H3,(H,29,34)(H,31,32). The number of carbonyl (C=O) groups is 3. The third-order valence-corrected chi connectivity index (χ3v) is 5.93. The maximum Gasteiger partial charge on any atom is 0.407 e. The van der Waals surface area contributed by atoms with Crippen LogP contribution in [0.1, 0.15) is 37.3 Å². The van der Waals surface area contributed by atoms with Gasteiger partial charge >= 0.3 is 18.2 Å². The maximum atomic E-state index is 12.8. The Morgan fingerprint density at radius 3 is 2.06 bits per heavy atom. The highest BCUT2D eigenvalue weighted by molar-refractivity contribution is 5.85. The van der Waals surface area contributed by atoms with E-state index in [0.717, 1.165) is 22.3 Å². The fourth-order valence-electron chi connectivity index (χ4n) is 4.24. The van der Waals surface area contributed by atoms with Gasteiger partial charge in [0.05, 0.1) is 0 Å². The van der Waals surface area contributed by atoms with Gasteiger partial charge in [-0.25, -0.2) is 4.79 Å². The predicted molar refractivity (Wildman–Crippen MR) is 122 cm³/mol. The zero-order valence-electron chi connectivity index (χ0n) is 19.4. The quantitative estimate of drug-likeness (QED) is 0.541. The summed E-state index contributed by atoms with van der Waals surface area (Å²) in [5.74, 6) is -2.64. The molecule has 0 radical (unpaired) electrons. The Bertz CT molecular complexity index is 1060. The number of ether oxygens (including phenoxy) is 1. The number of alkyl carbamates (subject to hydrolysis) is 1. The average molecular weight is 492 g/mol. The highest BCUT2D eigenvalue weighted by Crippen LogP contribution is 2.44. The molecule has 0 saturated carbocycles. The summed E-state index contributed by atoms with van der Waals surface area (Å²) >= 11 is 0. The van der Waals surface area contributed by atoms with Crippen LogP contribution in [0.25, 0.3) is 11.1 Å². The number of carboxylic acid groups (broad SMARTS) is 1. The van der Waals surface area contributed by atoms with E-state index in [-0.39, 0.29) is 30.4 Å². The Morgan fingerprint density at radius 1 is 1.00 bits per heavy atom. The monoisotopic (exact) mass is 492 g/mol. The first-order chi connectivity index (χ1) is 16.4. The molecule has 188 valence electrons. The topological polar surface area (TPSA) is 95.9 Å². The van der Waals surface area contributed by atoms with Gasteiger partial charge in [-0.2, -0.15) is 13.2 Å². The second kappa shape index (κ2) is 10.4. The highest BCUT2D eigenvalue weighted by Gasteiger charge is 2.39. The minimum Gasteiger partial charge on any atom is -0.480 e. The molecule has 2 amide bonds. The Balaban J connectivity index is 1.54. The lowest BCUT2D eigenvalue weighted by Gasteiger charge is -2.31. The van der Waals surface area contributed by atoms with Crippen molar-refractivity contribution in [2.75, 3.05) is 26.2 Å². The van der Waals surface area contributed by atoms with E-state index in [1.807, 2.05) is 48.5 Å². The van der Waals surface area contributed by atoms with Crippen LogP contribution in [0, 0.1) is 5.41 Å². The number of carboxylic acids is 1. The zero-order valence-corrected chi connectivity index (χ0v) is 19.4. The van der Waals surface area contributed by atoms with Crippen molar-refractivity contribution in [3.63, 3.8) is 0 Å². The molecule has 0 atom stereocenters. The second-order valence-electron chi connectivity index (χ2n) is 9.06. The van der Waals surface area contributed by atoms with E-state index in [1.165, 1.54) is 13.8 Å².